The van der Waals surface area contributed by atoms with E-state index in [0.717, 1.165) is 12.8 Å². The highest BCUT2D eigenvalue weighted by molar-refractivity contribution is 7.80. The van der Waals surface area contributed by atoms with Gasteiger partial charge in [0.05, 0.1) is 0 Å². The fourth-order valence-corrected chi connectivity index (χ4v) is 2.92. The predicted molar refractivity (Wildman–Crippen MR) is 105 cm³/mol. The van der Waals surface area contributed by atoms with Crippen molar-refractivity contribution in [2.45, 2.75) is 58.9 Å². The van der Waals surface area contributed by atoms with Crippen molar-refractivity contribution in [2.75, 3.05) is 5.32 Å². The van der Waals surface area contributed by atoms with Gasteiger partial charge in [0.15, 0.2) is 5.11 Å². The van der Waals surface area contributed by atoms with E-state index >= 15 is 0 Å². The Labute approximate surface area is 155 Å². The number of carbonyl (C=O) groups is 2. The Balaban J connectivity index is 1.94. The van der Waals surface area contributed by atoms with Gasteiger partial charge < -0.3 is 16.0 Å². The summed E-state index contributed by atoms with van der Waals surface area (Å²) < 4.78 is 0. The maximum atomic E-state index is 12.4. The smallest absolute Gasteiger partial charge is 0.251 e. The molecule has 0 heterocycles. The first kappa shape index (κ1) is 19.4. The van der Waals surface area contributed by atoms with Crippen LogP contribution in [0.2, 0.25) is 0 Å². The van der Waals surface area contributed by atoms with Gasteiger partial charge >= 0.3 is 0 Å². The van der Waals surface area contributed by atoms with Crippen molar-refractivity contribution in [3.63, 3.8) is 0 Å². The van der Waals surface area contributed by atoms with Gasteiger partial charge in [-0.25, -0.2) is 0 Å². The van der Waals surface area contributed by atoms with Crippen LogP contribution in [-0.2, 0) is 4.79 Å². The minimum absolute atomic E-state index is 0.0693. The van der Waals surface area contributed by atoms with E-state index in [0.29, 0.717) is 11.3 Å². The van der Waals surface area contributed by atoms with Gasteiger partial charge in [0.25, 0.3) is 5.91 Å². The number of benzene rings is 1. The molecule has 5 nitrogen and oxygen atoms in total. The summed E-state index contributed by atoms with van der Waals surface area (Å²) in [5, 5.41) is 8.95. The van der Waals surface area contributed by atoms with E-state index < -0.39 is 5.41 Å². The molecule has 0 spiro atoms. The molecule has 1 saturated carbocycles. The highest BCUT2D eigenvalue weighted by atomic mass is 32.1. The van der Waals surface area contributed by atoms with E-state index in [1.54, 1.807) is 18.2 Å². The summed E-state index contributed by atoms with van der Waals surface area (Å²) in [5.41, 5.74) is 0.740. The number of amides is 2. The summed E-state index contributed by atoms with van der Waals surface area (Å²) in [6.07, 6.45) is 5.70. The Kier molecular flexibility index (Phi) is 6.53. The average molecular weight is 362 g/mol. The van der Waals surface area contributed by atoms with Gasteiger partial charge in [-0.15, -0.1) is 0 Å². The van der Waals surface area contributed by atoms with Gasteiger partial charge in [0, 0.05) is 22.7 Å². The third kappa shape index (κ3) is 6.12. The molecule has 1 aliphatic rings. The van der Waals surface area contributed by atoms with Crippen LogP contribution in [0.25, 0.3) is 0 Å². The SMILES string of the molecule is CC(C)(C)C(=O)NC(=S)Nc1cccc(C(=O)NC2CCCCC2)c1. The highest BCUT2D eigenvalue weighted by Gasteiger charge is 2.22. The second-order valence-corrected chi connectivity index (χ2v) is 7.96. The van der Waals surface area contributed by atoms with Gasteiger partial charge in [0.1, 0.15) is 0 Å². The van der Waals surface area contributed by atoms with Crippen LogP contribution in [0.1, 0.15) is 63.2 Å². The van der Waals surface area contributed by atoms with Crippen LogP contribution in [-0.4, -0.2) is 23.0 Å². The van der Waals surface area contributed by atoms with Crippen LogP contribution in [0, 0.1) is 5.41 Å². The summed E-state index contributed by atoms with van der Waals surface area (Å²) in [6.45, 7) is 5.46. The van der Waals surface area contributed by atoms with Crippen LogP contribution < -0.4 is 16.0 Å². The normalized spacial score (nSPS) is 15.3. The molecule has 0 atom stereocenters. The van der Waals surface area contributed by atoms with Crippen LogP contribution in [0.3, 0.4) is 0 Å². The summed E-state index contributed by atoms with van der Waals surface area (Å²) in [7, 11) is 0. The maximum Gasteiger partial charge on any atom is 0.251 e. The van der Waals surface area contributed by atoms with Crippen molar-refractivity contribution in [1.29, 1.82) is 0 Å². The molecule has 1 aliphatic carbocycles. The topological polar surface area (TPSA) is 70.2 Å². The van der Waals surface area contributed by atoms with Gasteiger partial charge in [0.2, 0.25) is 5.91 Å². The Morgan fingerprint density at radius 3 is 2.44 bits per heavy atom. The summed E-state index contributed by atoms with van der Waals surface area (Å²) in [6, 6.07) is 7.40. The van der Waals surface area contributed by atoms with Crippen molar-refractivity contribution in [3.8, 4) is 0 Å². The van der Waals surface area contributed by atoms with E-state index in [-0.39, 0.29) is 23.0 Å². The van der Waals surface area contributed by atoms with Crippen LogP contribution >= 0.6 is 12.2 Å². The van der Waals surface area contributed by atoms with E-state index in [4.69, 9.17) is 12.2 Å². The number of carbonyl (C=O) groups excluding carboxylic acids is 2. The molecule has 0 radical (unpaired) electrons. The first-order chi connectivity index (χ1) is 11.8. The molecule has 6 heteroatoms. The largest absolute Gasteiger partial charge is 0.349 e. The molecular formula is C19H27N3O2S. The fourth-order valence-electron chi connectivity index (χ4n) is 2.71. The zero-order valence-electron chi connectivity index (χ0n) is 15.1. The second kappa shape index (κ2) is 8.43. The molecule has 2 rings (SSSR count). The van der Waals surface area contributed by atoms with Crippen molar-refractivity contribution in [3.05, 3.63) is 29.8 Å². The van der Waals surface area contributed by atoms with Crippen LogP contribution in [0.4, 0.5) is 5.69 Å². The molecule has 0 bridgehead atoms. The number of rotatable bonds is 3. The maximum absolute atomic E-state index is 12.4. The van der Waals surface area contributed by atoms with Crippen LogP contribution in [0.5, 0.6) is 0 Å². The van der Waals surface area contributed by atoms with E-state index in [9.17, 15) is 9.59 Å². The number of anilines is 1. The molecule has 1 aromatic rings. The lowest BCUT2D eigenvalue weighted by Crippen LogP contribution is -2.41. The molecule has 1 fully saturated rings. The molecule has 3 N–H and O–H groups in total. The molecule has 0 unspecified atom stereocenters. The number of thiocarbonyl (C=S) groups is 1. The fraction of sp³-hybridized carbons (Fsp3) is 0.526. The molecule has 0 aromatic heterocycles. The first-order valence-electron chi connectivity index (χ1n) is 8.79. The lowest BCUT2D eigenvalue weighted by atomic mass is 9.95. The van der Waals surface area contributed by atoms with Crippen molar-refractivity contribution in [1.82, 2.24) is 10.6 Å². The summed E-state index contributed by atoms with van der Waals surface area (Å²) in [4.78, 5) is 24.4. The zero-order chi connectivity index (χ0) is 18.4. The third-order valence-corrected chi connectivity index (χ3v) is 4.44. The van der Waals surface area contributed by atoms with Crippen molar-refractivity contribution >= 4 is 34.8 Å². The Bertz CT molecular complexity index is 646. The summed E-state index contributed by atoms with van der Waals surface area (Å²) >= 11 is 5.18. The van der Waals surface area contributed by atoms with E-state index in [1.165, 1.54) is 19.3 Å². The average Bonchev–Trinajstić information content (AvgIpc) is 2.55. The van der Waals surface area contributed by atoms with E-state index in [1.807, 2.05) is 26.8 Å². The Morgan fingerprint density at radius 1 is 1.12 bits per heavy atom. The molecule has 1 aromatic carbocycles. The minimum atomic E-state index is -0.520. The van der Waals surface area contributed by atoms with Gasteiger partial charge in [-0.2, -0.15) is 0 Å². The number of hydrogen-bond donors (Lipinski definition) is 3. The second-order valence-electron chi connectivity index (χ2n) is 7.55. The highest BCUT2D eigenvalue weighted by Crippen LogP contribution is 2.18. The molecule has 0 aliphatic heterocycles. The van der Waals surface area contributed by atoms with Crippen LogP contribution in [0.15, 0.2) is 24.3 Å². The van der Waals surface area contributed by atoms with Gasteiger partial charge in [-0.1, -0.05) is 46.1 Å². The van der Waals surface area contributed by atoms with Crippen molar-refractivity contribution < 1.29 is 9.59 Å². The number of hydrogen-bond acceptors (Lipinski definition) is 3. The first-order valence-corrected chi connectivity index (χ1v) is 9.20. The van der Waals surface area contributed by atoms with E-state index in [2.05, 4.69) is 16.0 Å². The standard InChI is InChI=1S/C19H27N3O2S/c1-19(2,3)17(24)22-18(25)21-15-11-7-8-13(12-15)16(23)20-14-9-5-4-6-10-14/h7-8,11-12,14H,4-6,9-10H2,1-3H3,(H,20,23)(H2,21,22,24,25). The third-order valence-electron chi connectivity index (χ3n) is 4.23. The predicted octanol–water partition coefficient (Wildman–Crippen LogP) is 3.61. The molecule has 0 saturated heterocycles. The molecule has 2 amide bonds. The monoisotopic (exact) mass is 361 g/mol. The molecule has 136 valence electrons. The lowest BCUT2D eigenvalue weighted by Gasteiger charge is -2.23. The lowest BCUT2D eigenvalue weighted by molar-refractivity contribution is -0.126. The molecular weight excluding hydrogens is 334 g/mol. The Morgan fingerprint density at radius 2 is 1.80 bits per heavy atom. The number of nitrogens with one attached hydrogen (secondary N) is 3. The Hall–Kier alpha value is -1.95. The zero-order valence-corrected chi connectivity index (χ0v) is 16.0. The quantitative estimate of drug-likeness (QED) is 0.719. The molecule has 25 heavy (non-hydrogen) atoms. The summed E-state index contributed by atoms with van der Waals surface area (Å²) in [5.74, 6) is -0.226. The van der Waals surface area contributed by atoms with Crippen molar-refractivity contribution in [2.24, 2.45) is 5.41 Å². The van der Waals surface area contributed by atoms with Gasteiger partial charge in [-0.3, -0.25) is 9.59 Å². The minimum Gasteiger partial charge on any atom is -0.349 e. The van der Waals surface area contributed by atoms with Gasteiger partial charge in [-0.05, 0) is 43.3 Å².